The molecule has 0 spiro atoms. The molecule has 1 fully saturated rings. The third-order valence-electron chi connectivity index (χ3n) is 2.34. The Morgan fingerprint density at radius 2 is 2.33 bits per heavy atom. The van der Waals surface area contributed by atoms with Gasteiger partial charge in [-0.25, -0.2) is 0 Å². The summed E-state index contributed by atoms with van der Waals surface area (Å²) in [6, 6.07) is 0.472. The number of nitrogens with one attached hydrogen (secondary N) is 1. The highest BCUT2D eigenvalue weighted by Gasteiger charge is 2.35. The molecule has 0 aromatic carbocycles. The molecule has 1 aliphatic rings. The van der Waals surface area contributed by atoms with Crippen LogP contribution >= 0.6 is 0 Å². The lowest BCUT2D eigenvalue weighted by atomic mass is 10.1. The van der Waals surface area contributed by atoms with Crippen LogP contribution in [0.25, 0.3) is 0 Å². The van der Waals surface area contributed by atoms with Gasteiger partial charge in [-0.05, 0) is 12.8 Å². The van der Waals surface area contributed by atoms with E-state index in [0.717, 1.165) is 19.3 Å². The van der Waals surface area contributed by atoms with Gasteiger partial charge in [-0.2, -0.15) is 0 Å². The van der Waals surface area contributed by atoms with Gasteiger partial charge in [-0.3, -0.25) is 4.79 Å². The van der Waals surface area contributed by atoms with Gasteiger partial charge in [-0.15, -0.1) is 0 Å². The van der Waals surface area contributed by atoms with Crippen molar-refractivity contribution in [2.45, 2.75) is 45.2 Å². The Morgan fingerprint density at radius 3 is 2.75 bits per heavy atom. The molecule has 0 bridgehead atoms. The van der Waals surface area contributed by atoms with Crippen LogP contribution in [0.4, 0.5) is 0 Å². The third-order valence-corrected chi connectivity index (χ3v) is 2.34. The molecule has 3 unspecified atom stereocenters. The maximum Gasteiger partial charge on any atom is 0.223 e. The average Bonchev–Trinajstić information content (AvgIpc) is 2.67. The number of hydrogen-bond acceptors (Lipinski definition) is 2. The Bertz CT molecular complexity index is 170. The second kappa shape index (κ2) is 3.90. The lowest BCUT2D eigenvalue weighted by molar-refractivity contribution is -0.124. The number of carbonyl (C=O) groups excluding carboxylic acids is 1. The van der Waals surface area contributed by atoms with E-state index >= 15 is 0 Å². The first-order valence-electron chi connectivity index (χ1n) is 4.71. The fourth-order valence-corrected chi connectivity index (χ4v) is 1.27. The Balaban J connectivity index is 2.18. The van der Waals surface area contributed by atoms with Crippen molar-refractivity contribution in [3.05, 3.63) is 0 Å². The van der Waals surface area contributed by atoms with Crippen LogP contribution in [0.1, 0.15) is 33.1 Å². The highest BCUT2D eigenvalue weighted by Crippen LogP contribution is 2.18. The first-order chi connectivity index (χ1) is 5.65. The first kappa shape index (κ1) is 9.52. The highest BCUT2D eigenvalue weighted by molar-refractivity contribution is 5.79. The fourth-order valence-electron chi connectivity index (χ4n) is 1.27. The molecule has 1 aliphatic carbocycles. The minimum atomic E-state index is 0.141. The summed E-state index contributed by atoms with van der Waals surface area (Å²) in [6.45, 7) is 4.05. The Kier molecular flexibility index (Phi) is 3.09. The molecule has 0 aromatic rings. The molecule has 1 rings (SSSR count). The van der Waals surface area contributed by atoms with Crippen LogP contribution in [0.15, 0.2) is 0 Å². The average molecular weight is 170 g/mol. The number of carbonyl (C=O) groups is 1. The van der Waals surface area contributed by atoms with Gasteiger partial charge in [0.05, 0.1) is 0 Å². The molecule has 70 valence electrons. The second-order valence-corrected chi connectivity index (χ2v) is 3.70. The lowest BCUT2D eigenvalue weighted by Gasteiger charge is -2.09. The third kappa shape index (κ3) is 2.48. The monoisotopic (exact) mass is 170 g/mol. The SMILES string of the molecule is CCCC(C)C(=O)NC1CC1N. The van der Waals surface area contributed by atoms with Crippen LogP contribution < -0.4 is 11.1 Å². The van der Waals surface area contributed by atoms with Crippen LogP contribution in [0.3, 0.4) is 0 Å². The zero-order chi connectivity index (χ0) is 9.14. The van der Waals surface area contributed by atoms with Crippen LogP contribution in [0.2, 0.25) is 0 Å². The van der Waals surface area contributed by atoms with E-state index in [1.807, 2.05) is 6.92 Å². The number of amides is 1. The molecule has 0 heterocycles. The maximum atomic E-state index is 11.4. The van der Waals surface area contributed by atoms with Gasteiger partial charge >= 0.3 is 0 Å². The lowest BCUT2D eigenvalue weighted by Crippen LogP contribution is -2.33. The van der Waals surface area contributed by atoms with Gasteiger partial charge in [0.1, 0.15) is 0 Å². The standard InChI is InChI=1S/C9H18N2O/c1-3-4-6(2)9(12)11-8-5-7(8)10/h6-8H,3-5,10H2,1-2H3,(H,11,12). The van der Waals surface area contributed by atoms with Crippen molar-refractivity contribution in [1.82, 2.24) is 5.32 Å². The van der Waals surface area contributed by atoms with Gasteiger partial charge in [0, 0.05) is 18.0 Å². The van der Waals surface area contributed by atoms with Gasteiger partial charge in [-0.1, -0.05) is 20.3 Å². The Labute approximate surface area is 73.7 Å². The van der Waals surface area contributed by atoms with Gasteiger partial charge in [0.2, 0.25) is 5.91 Å². The minimum Gasteiger partial charge on any atom is -0.352 e. The van der Waals surface area contributed by atoms with E-state index in [1.54, 1.807) is 0 Å². The summed E-state index contributed by atoms with van der Waals surface area (Å²) in [6.07, 6.45) is 2.98. The van der Waals surface area contributed by atoms with Crippen molar-refractivity contribution in [3.63, 3.8) is 0 Å². The quantitative estimate of drug-likeness (QED) is 0.650. The smallest absolute Gasteiger partial charge is 0.223 e. The molecular formula is C9H18N2O. The van der Waals surface area contributed by atoms with E-state index in [4.69, 9.17) is 5.73 Å². The summed E-state index contributed by atoms with van der Waals surface area (Å²) in [5, 5.41) is 2.92. The molecule has 3 heteroatoms. The molecular weight excluding hydrogens is 152 g/mol. The first-order valence-corrected chi connectivity index (χ1v) is 4.71. The molecule has 0 aliphatic heterocycles. The Morgan fingerprint density at radius 1 is 1.75 bits per heavy atom. The van der Waals surface area contributed by atoms with Gasteiger partial charge in [0.25, 0.3) is 0 Å². The molecule has 0 saturated heterocycles. The minimum absolute atomic E-state index is 0.141. The molecule has 3 atom stereocenters. The zero-order valence-corrected chi connectivity index (χ0v) is 7.84. The van der Waals surface area contributed by atoms with Crippen LogP contribution in [0, 0.1) is 5.92 Å². The largest absolute Gasteiger partial charge is 0.352 e. The highest BCUT2D eigenvalue weighted by atomic mass is 16.2. The van der Waals surface area contributed by atoms with E-state index in [0.29, 0.717) is 0 Å². The molecule has 0 aromatic heterocycles. The Hall–Kier alpha value is -0.570. The molecule has 0 radical (unpaired) electrons. The van der Waals surface area contributed by atoms with E-state index in [9.17, 15) is 4.79 Å². The predicted molar refractivity (Wildman–Crippen MR) is 48.6 cm³/mol. The predicted octanol–water partition coefficient (Wildman–Crippen LogP) is 0.638. The van der Waals surface area contributed by atoms with Crippen molar-refractivity contribution in [3.8, 4) is 0 Å². The summed E-state index contributed by atoms with van der Waals surface area (Å²) in [7, 11) is 0. The summed E-state index contributed by atoms with van der Waals surface area (Å²) in [4.78, 5) is 11.4. The van der Waals surface area contributed by atoms with Crippen molar-refractivity contribution in [2.75, 3.05) is 0 Å². The van der Waals surface area contributed by atoms with Crippen LogP contribution in [0.5, 0.6) is 0 Å². The summed E-state index contributed by atoms with van der Waals surface area (Å²) < 4.78 is 0. The van der Waals surface area contributed by atoms with E-state index < -0.39 is 0 Å². The molecule has 12 heavy (non-hydrogen) atoms. The van der Waals surface area contributed by atoms with Crippen molar-refractivity contribution in [1.29, 1.82) is 0 Å². The molecule has 1 amide bonds. The van der Waals surface area contributed by atoms with E-state index in [1.165, 1.54) is 0 Å². The number of hydrogen-bond donors (Lipinski definition) is 2. The normalized spacial score (nSPS) is 29.6. The summed E-state index contributed by atoms with van der Waals surface area (Å²) >= 11 is 0. The fraction of sp³-hybridized carbons (Fsp3) is 0.889. The van der Waals surface area contributed by atoms with E-state index in [2.05, 4.69) is 12.2 Å². The van der Waals surface area contributed by atoms with Gasteiger partial charge < -0.3 is 11.1 Å². The van der Waals surface area contributed by atoms with Gasteiger partial charge in [0.15, 0.2) is 0 Å². The number of rotatable bonds is 4. The molecule has 1 saturated carbocycles. The summed E-state index contributed by atoms with van der Waals surface area (Å²) in [5.41, 5.74) is 5.57. The van der Waals surface area contributed by atoms with E-state index in [-0.39, 0.29) is 23.9 Å². The van der Waals surface area contributed by atoms with Crippen molar-refractivity contribution in [2.24, 2.45) is 11.7 Å². The summed E-state index contributed by atoms with van der Waals surface area (Å²) in [5.74, 6) is 0.303. The maximum absolute atomic E-state index is 11.4. The van der Waals surface area contributed by atoms with Crippen molar-refractivity contribution >= 4 is 5.91 Å². The molecule has 3 nitrogen and oxygen atoms in total. The van der Waals surface area contributed by atoms with Crippen LogP contribution in [-0.2, 0) is 4.79 Å². The molecule has 3 N–H and O–H groups in total. The topological polar surface area (TPSA) is 55.1 Å². The van der Waals surface area contributed by atoms with Crippen LogP contribution in [-0.4, -0.2) is 18.0 Å². The number of nitrogens with two attached hydrogens (primary N) is 1. The zero-order valence-electron chi connectivity index (χ0n) is 7.84. The second-order valence-electron chi connectivity index (χ2n) is 3.70. The van der Waals surface area contributed by atoms with Crippen molar-refractivity contribution < 1.29 is 4.79 Å².